The Hall–Kier alpha value is -2.82. The van der Waals surface area contributed by atoms with E-state index in [4.69, 9.17) is 5.11 Å². The Balaban J connectivity index is 2.31. The van der Waals surface area contributed by atoms with Crippen molar-refractivity contribution in [2.24, 2.45) is 0 Å². The van der Waals surface area contributed by atoms with Crippen LogP contribution in [0.4, 0.5) is 10.5 Å². The van der Waals surface area contributed by atoms with Gasteiger partial charge in [0.05, 0.1) is 16.7 Å². The standard InChI is InChI=1S/C15H13N3O2/c1-9-16-12-8-7-11(18-15(19)20)13(14(12)17-9)10-5-3-2-4-6-10/h2-8,18H,1H3,(H,16,17)(H,19,20). The van der Waals surface area contributed by atoms with E-state index in [1.54, 1.807) is 6.07 Å². The molecule has 3 rings (SSSR count). The normalized spacial score (nSPS) is 10.7. The van der Waals surface area contributed by atoms with Crippen molar-refractivity contribution >= 4 is 22.8 Å². The van der Waals surface area contributed by atoms with E-state index in [0.29, 0.717) is 5.69 Å². The zero-order chi connectivity index (χ0) is 14.1. The summed E-state index contributed by atoms with van der Waals surface area (Å²) in [5, 5.41) is 11.4. The van der Waals surface area contributed by atoms with Gasteiger partial charge in [0, 0.05) is 5.56 Å². The molecule has 1 heterocycles. The molecule has 1 amide bonds. The molecule has 5 heteroatoms. The molecule has 100 valence electrons. The lowest BCUT2D eigenvalue weighted by atomic mass is 10.0. The molecule has 1 aromatic heterocycles. The highest BCUT2D eigenvalue weighted by atomic mass is 16.4. The summed E-state index contributed by atoms with van der Waals surface area (Å²) in [5.41, 5.74) is 3.89. The van der Waals surface area contributed by atoms with Gasteiger partial charge >= 0.3 is 6.09 Å². The molecular formula is C15H13N3O2. The van der Waals surface area contributed by atoms with Crippen molar-refractivity contribution in [1.29, 1.82) is 0 Å². The number of H-pyrrole nitrogens is 1. The first-order valence-electron chi connectivity index (χ1n) is 6.20. The molecule has 2 aromatic carbocycles. The van der Waals surface area contributed by atoms with E-state index in [9.17, 15) is 4.79 Å². The monoisotopic (exact) mass is 267 g/mol. The summed E-state index contributed by atoms with van der Waals surface area (Å²) in [6.07, 6.45) is -1.09. The van der Waals surface area contributed by atoms with Gasteiger partial charge in [-0.1, -0.05) is 30.3 Å². The Bertz CT molecular complexity index is 778. The predicted molar refractivity (Wildman–Crippen MR) is 77.9 cm³/mol. The quantitative estimate of drug-likeness (QED) is 0.663. The maximum atomic E-state index is 11.0. The molecule has 5 nitrogen and oxygen atoms in total. The first-order valence-corrected chi connectivity index (χ1v) is 6.20. The van der Waals surface area contributed by atoms with Crippen LogP contribution in [0.1, 0.15) is 5.82 Å². The largest absolute Gasteiger partial charge is 0.465 e. The molecule has 3 N–H and O–H groups in total. The minimum Gasteiger partial charge on any atom is -0.465 e. The van der Waals surface area contributed by atoms with Crippen LogP contribution < -0.4 is 5.32 Å². The van der Waals surface area contributed by atoms with Crippen molar-refractivity contribution in [1.82, 2.24) is 9.97 Å². The van der Waals surface area contributed by atoms with Gasteiger partial charge in [-0.05, 0) is 24.6 Å². The number of carbonyl (C=O) groups is 1. The summed E-state index contributed by atoms with van der Waals surface area (Å²) >= 11 is 0. The van der Waals surface area contributed by atoms with Gasteiger partial charge in [0.15, 0.2) is 0 Å². The SMILES string of the molecule is Cc1nc2c(-c3ccccc3)c(NC(=O)O)ccc2[nH]1. The zero-order valence-corrected chi connectivity index (χ0v) is 10.8. The van der Waals surface area contributed by atoms with Crippen LogP contribution in [-0.4, -0.2) is 21.2 Å². The van der Waals surface area contributed by atoms with Gasteiger partial charge in [-0.25, -0.2) is 9.78 Å². The molecule has 3 aromatic rings. The Labute approximate surface area is 115 Å². The number of aromatic nitrogens is 2. The minimum absolute atomic E-state index is 0.530. The third-order valence-electron chi connectivity index (χ3n) is 3.08. The van der Waals surface area contributed by atoms with Crippen LogP contribution in [0.15, 0.2) is 42.5 Å². The molecule has 0 radical (unpaired) electrons. The molecule has 0 spiro atoms. The number of hydrogen-bond donors (Lipinski definition) is 3. The van der Waals surface area contributed by atoms with E-state index in [2.05, 4.69) is 15.3 Å². The fourth-order valence-electron chi connectivity index (χ4n) is 2.32. The third kappa shape index (κ3) is 2.09. The second-order valence-electron chi connectivity index (χ2n) is 4.50. The van der Waals surface area contributed by atoms with Crippen molar-refractivity contribution in [2.75, 3.05) is 5.32 Å². The highest BCUT2D eigenvalue weighted by Crippen LogP contribution is 2.34. The number of benzene rings is 2. The van der Waals surface area contributed by atoms with Crippen LogP contribution in [0.25, 0.3) is 22.2 Å². The maximum absolute atomic E-state index is 11.0. The van der Waals surface area contributed by atoms with E-state index < -0.39 is 6.09 Å². The third-order valence-corrected chi connectivity index (χ3v) is 3.08. The van der Waals surface area contributed by atoms with Gasteiger partial charge in [0.25, 0.3) is 0 Å². The molecule has 0 unspecified atom stereocenters. The number of aromatic amines is 1. The fraction of sp³-hybridized carbons (Fsp3) is 0.0667. The molecule has 0 aliphatic rings. The van der Waals surface area contributed by atoms with Crippen molar-refractivity contribution in [3.8, 4) is 11.1 Å². The van der Waals surface area contributed by atoms with E-state index in [1.807, 2.05) is 43.3 Å². The van der Waals surface area contributed by atoms with E-state index >= 15 is 0 Å². The lowest BCUT2D eigenvalue weighted by Crippen LogP contribution is -2.08. The number of amides is 1. The van der Waals surface area contributed by atoms with Crippen molar-refractivity contribution in [3.63, 3.8) is 0 Å². The van der Waals surface area contributed by atoms with Crippen LogP contribution in [0.3, 0.4) is 0 Å². The first-order chi connectivity index (χ1) is 9.65. The summed E-state index contributed by atoms with van der Waals surface area (Å²) in [6.45, 7) is 1.87. The minimum atomic E-state index is -1.09. The van der Waals surface area contributed by atoms with Gasteiger partial charge in [-0.15, -0.1) is 0 Å². The Morgan fingerprint density at radius 1 is 1.20 bits per heavy atom. The lowest BCUT2D eigenvalue weighted by molar-refractivity contribution is 0.210. The molecule has 0 aliphatic heterocycles. The Kier molecular flexibility index (Phi) is 2.87. The average Bonchev–Trinajstić information content (AvgIpc) is 2.79. The number of rotatable bonds is 2. The van der Waals surface area contributed by atoms with Gasteiger partial charge < -0.3 is 10.1 Å². The van der Waals surface area contributed by atoms with Crippen molar-refractivity contribution in [2.45, 2.75) is 6.92 Å². The number of anilines is 1. The fourth-order valence-corrected chi connectivity index (χ4v) is 2.32. The Morgan fingerprint density at radius 2 is 1.95 bits per heavy atom. The maximum Gasteiger partial charge on any atom is 0.409 e. The van der Waals surface area contributed by atoms with Crippen molar-refractivity contribution < 1.29 is 9.90 Å². The number of aryl methyl sites for hydroxylation is 1. The molecule has 0 aliphatic carbocycles. The average molecular weight is 267 g/mol. The van der Waals surface area contributed by atoms with E-state index in [1.165, 1.54) is 0 Å². The summed E-state index contributed by atoms with van der Waals surface area (Å²) < 4.78 is 0. The second-order valence-corrected chi connectivity index (χ2v) is 4.50. The van der Waals surface area contributed by atoms with E-state index in [0.717, 1.165) is 28.0 Å². The highest BCUT2D eigenvalue weighted by Gasteiger charge is 2.14. The number of imidazole rings is 1. The summed E-state index contributed by atoms with van der Waals surface area (Å²) in [7, 11) is 0. The Morgan fingerprint density at radius 3 is 2.65 bits per heavy atom. The topological polar surface area (TPSA) is 78.0 Å². The van der Waals surface area contributed by atoms with Crippen LogP contribution in [0.2, 0.25) is 0 Å². The van der Waals surface area contributed by atoms with Crippen LogP contribution >= 0.6 is 0 Å². The molecular weight excluding hydrogens is 254 g/mol. The molecule has 0 bridgehead atoms. The predicted octanol–water partition coefficient (Wildman–Crippen LogP) is 3.63. The van der Waals surface area contributed by atoms with Crippen molar-refractivity contribution in [3.05, 3.63) is 48.3 Å². The van der Waals surface area contributed by atoms with Crippen LogP contribution in [0.5, 0.6) is 0 Å². The zero-order valence-electron chi connectivity index (χ0n) is 10.8. The van der Waals surface area contributed by atoms with Gasteiger partial charge in [-0.3, -0.25) is 5.32 Å². The van der Waals surface area contributed by atoms with Crippen LogP contribution in [-0.2, 0) is 0 Å². The number of nitrogens with one attached hydrogen (secondary N) is 2. The number of carboxylic acid groups (broad SMARTS) is 1. The lowest BCUT2D eigenvalue weighted by Gasteiger charge is -2.10. The van der Waals surface area contributed by atoms with Gasteiger partial charge in [-0.2, -0.15) is 0 Å². The smallest absolute Gasteiger partial charge is 0.409 e. The van der Waals surface area contributed by atoms with Gasteiger partial charge in [0.2, 0.25) is 0 Å². The van der Waals surface area contributed by atoms with Gasteiger partial charge in [0.1, 0.15) is 5.82 Å². The molecule has 0 saturated carbocycles. The molecule has 0 saturated heterocycles. The number of nitrogens with zero attached hydrogens (tertiary/aromatic N) is 1. The second kappa shape index (κ2) is 4.70. The molecule has 0 atom stereocenters. The summed E-state index contributed by atoms with van der Waals surface area (Å²) in [4.78, 5) is 18.6. The van der Waals surface area contributed by atoms with E-state index in [-0.39, 0.29) is 0 Å². The number of fused-ring (bicyclic) bond motifs is 1. The summed E-state index contributed by atoms with van der Waals surface area (Å²) in [5.74, 6) is 0.796. The molecule has 20 heavy (non-hydrogen) atoms. The number of hydrogen-bond acceptors (Lipinski definition) is 2. The van der Waals surface area contributed by atoms with Crippen LogP contribution in [0, 0.1) is 6.92 Å². The summed E-state index contributed by atoms with van der Waals surface area (Å²) in [6, 6.07) is 13.2. The highest BCUT2D eigenvalue weighted by molar-refractivity contribution is 6.02. The first kappa shape index (κ1) is 12.2. The molecule has 0 fully saturated rings.